The van der Waals surface area contributed by atoms with E-state index in [1.165, 1.54) is 18.2 Å². The molecule has 136 valence electrons. The largest absolute Gasteiger partial charge is 0.349 e. The third-order valence-corrected chi connectivity index (χ3v) is 4.93. The van der Waals surface area contributed by atoms with E-state index >= 15 is 0 Å². The molecule has 2 aromatic rings. The Labute approximate surface area is 160 Å². The van der Waals surface area contributed by atoms with Crippen LogP contribution in [0.1, 0.15) is 33.6 Å². The first-order valence-electron chi connectivity index (χ1n) is 8.25. The van der Waals surface area contributed by atoms with Crippen LogP contribution in [-0.2, 0) is 0 Å². The SMILES string of the molecule is O=C(NC1CCN(C(=O)c2cccc(Cl)c2)CC1)c1c(F)cccc1Cl. The summed E-state index contributed by atoms with van der Waals surface area (Å²) in [5.74, 6) is -1.27. The van der Waals surface area contributed by atoms with Crippen molar-refractivity contribution in [3.8, 4) is 0 Å². The molecule has 1 aliphatic heterocycles. The highest BCUT2D eigenvalue weighted by atomic mass is 35.5. The Morgan fingerprint density at radius 2 is 1.77 bits per heavy atom. The Morgan fingerprint density at radius 1 is 1.08 bits per heavy atom. The number of carbonyl (C=O) groups is 2. The van der Waals surface area contributed by atoms with E-state index in [0.717, 1.165) is 0 Å². The van der Waals surface area contributed by atoms with Gasteiger partial charge in [0.2, 0.25) is 0 Å². The van der Waals surface area contributed by atoms with E-state index in [-0.39, 0.29) is 22.5 Å². The molecule has 2 aromatic carbocycles. The van der Waals surface area contributed by atoms with Crippen molar-refractivity contribution in [2.45, 2.75) is 18.9 Å². The number of carbonyl (C=O) groups excluding carboxylic acids is 2. The summed E-state index contributed by atoms with van der Waals surface area (Å²) in [7, 11) is 0. The zero-order chi connectivity index (χ0) is 18.7. The smallest absolute Gasteiger partial charge is 0.255 e. The number of rotatable bonds is 3. The van der Waals surface area contributed by atoms with Crippen LogP contribution in [0.2, 0.25) is 10.0 Å². The number of nitrogens with zero attached hydrogens (tertiary/aromatic N) is 1. The van der Waals surface area contributed by atoms with Gasteiger partial charge in [0, 0.05) is 29.7 Å². The Hall–Kier alpha value is -2.11. The lowest BCUT2D eigenvalue weighted by molar-refractivity contribution is 0.0698. The first-order chi connectivity index (χ1) is 12.5. The molecule has 0 atom stereocenters. The standard InChI is InChI=1S/C19H17Cl2FN2O2/c20-13-4-1-3-12(11-13)19(26)24-9-7-14(8-10-24)23-18(25)17-15(21)5-2-6-16(17)22/h1-6,11,14H,7-10H2,(H,23,25). The molecule has 0 aliphatic carbocycles. The van der Waals surface area contributed by atoms with Crippen LogP contribution >= 0.6 is 23.2 Å². The van der Waals surface area contributed by atoms with Gasteiger partial charge in [-0.2, -0.15) is 0 Å². The van der Waals surface area contributed by atoms with Gasteiger partial charge >= 0.3 is 0 Å². The van der Waals surface area contributed by atoms with Crippen molar-refractivity contribution in [1.29, 1.82) is 0 Å². The first kappa shape index (κ1) is 18.7. The maximum Gasteiger partial charge on any atom is 0.255 e. The van der Waals surface area contributed by atoms with Crippen molar-refractivity contribution in [3.05, 3.63) is 69.5 Å². The van der Waals surface area contributed by atoms with Crippen molar-refractivity contribution >= 4 is 35.0 Å². The molecule has 26 heavy (non-hydrogen) atoms. The fourth-order valence-corrected chi connectivity index (χ4v) is 3.44. The molecule has 1 aliphatic rings. The molecule has 2 amide bonds. The van der Waals surface area contributed by atoms with E-state index in [1.807, 2.05) is 0 Å². The molecule has 0 unspecified atom stereocenters. The maximum atomic E-state index is 13.8. The van der Waals surface area contributed by atoms with Gasteiger partial charge in [0.25, 0.3) is 11.8 Å². The number of hydrogen-bond acceptors (Lipinski definition) is 2. The number of likely N-dealkylation sites (tertiary alicyclic amines) is 1. The van der Waals surface area contributed by atoms with Crippen molar-refractivity contribution in [3.63, 3.8) is 0 Å². The highest BCUT2D eigenvalue weighted by Gasteiger charge is 2.26. The lowest BCUT2D eigenvalue weighted by atomic mass is 10.0. The van der Waals surface area contributed by atoms with Gasteiger partial charge in [-0.05, 0) is 43.2 Å². The third-order valence-electron chi connectivity index (χ3n) is 4.38. The Bertz CT molecular complexity index is 816. The molecule has 1 saturated heterocycles. The first-order valence-corrected chi connectivity index (χ1v) is 9.01. The van der Waals surface area contributed by atoms with Gasteiger partial charge in [0.05, 0.1) is 10.6 Å². The van der Waals surface area contributed by atoms with E-state index in [4.69, 9.17) is 23.2 Å². The zero-order valence-corrected chi connectivity index (χ0v) is 15.4. The lowest BCUT2D eigenvalue weighted by Crippen LogP contribution is -2.46. The fourth-order valence-electron chi connectivity index (χ4n) is 3.00. The zero-order valence-electron chi connectivity index (χ0n) is 13.8. The van der Waals surface area contributed by atoms with Gasteiger partial charge in [0.1, 0.15) is 5.82 Å². The quantitative estimate of drug-likeness (QED) is 0.848. The minimum atomic E-state index is -0.649. The second kappa shape index (κ2) is 8.06. The number of halogens is 3. The van der Waals surface area contributed by atoms with Crippen molar-refractivity contribution < 1.29 is 14.0 Å². The van der Waals surface area contributed by atoms with E-state index in [0.29, 0.717) is 36.5 Å². The van der Waals surface area contributed by atoms with Crippen molar-refractivity contribution in [2.75, 3.05) is 13.1 Å². The summed E-state index contributed by atoms with van der Waals surface area (Å²) >= 11 is 11.9. The summed E-state index contributed by atoms with van der Waals surface area (Å²) in [6.07, 6.45) is 1.17. The molecular weight excluding hydrogens is 378 g/mol. The lowest BCUT2D eigenvalue weighted by Gasteiger charge is -2.32. The molecule has 4 nitrogen and oxygen atoms in total. The number of piperidine rings is 1. The van der Waals surface area contributed by atoms with Crippen LogP contribution in [0, 0.1) is 5.82 Å². The monoisotopic (exact) mass is 394 g/mol. The highest BCUT2D eigenvalue weighted by molar-refractivity contribution is 6.33. The van der Waals surface area contributed by atoms with E-state index in [2.05, 4.69) is 5.32 Å². The Morgan fingerprint density at radius 3 is 2.42 bits per heavy atom. The molecule has 0 bridgehead atoms. The molecule has 1 N–H and O–H groups in total. The van der Waals surface area contributed by atoms with E-state index < -0.39 is 11.7 Å². The van der Waals surface area contributed by atoms with Crippen LogP contribution in [0.15, 0.2) is 42.5 Å². The van der Waals surface area contributed by atoms with Gasteiger partial charge < -0.3 is 10.2 Å². The fraction of sp³-hybridized carbons (Fsp3) is 0.263. The van der Waals surface area contributed by atoms with Gasteiger partial charge in [-0.1, -0.05) is 35.3 Å². The van der Waals surface area contributed by atoms with Gasteiger partial charge in [-0.25, -0.2) is 4.39 Å². The number of nitrogens with one attached hydrogen (secondary N) is 1. The molecular formula is C19H17Cl2FN2O2. The maximum absolute atomic E-state index is 13.8. The number of hydrogen-bond donors (Lipinski definition) is 1. The van der Waals surface area contributed by atoms with Crippen molar-refractivity contribution in [2.24, 2.45) is 0 Å². The van der Waals surface area contributed by atoms with Crippen molar-refractivity contribution in [1.82, 2.24) is 10.2 Å². The molecule has 0 radical (unpaired) electrons. The van der Waals surface area contributed by atoms with Crippen LogP contribution in [-0.4, -0.2) is 35.8 Å². The second-order valence-corrected chi connectivity index (χ2v) is 6.99. The molecule has 0 aromatic heterocycles. The van der Waals surface area contributed by atoms with Gasteiger partial charge in [-0.15, -0.1) is 0 Å². The van der Waals surface area contributed by atoms with Crippen LogP contribution in [0.25, 0.3) is 0 Å². The predicted molar refractivity (Wildman–Crippen MR) is 99.3 cm³/mol. The van der Waals surface area contributed by atoms with E-state index in [1.54, 1.807) is 29.2 Å². The third kappa shape index (κ3) is 4.17. The summed E-state index contributed by atoms with van der Waals surface area (Å²) in [6.45, 7) is 1.00. The van der Waals surface area contributed by atoms with Gasteiger partial charge in [0.15, 0.2) is 0 Å². The number of amides is 2. The molecule has 1 heterocycles. The summed E-state index contributed by atoms with van der Waals surface area (Å²) in [5, 5.41) is 3.40. The molecule has 3 rings (SSSR count). The molecule has 0 spiro atoms. The molecule has 7 heteroatoms. The summed E-state index contributed by atoms with van der Waals surface area (Å²) in [4.78, 5) is 26.5. The molecule has 0 saturated carbocycles. The minimum absolute atomic E-state index is 0.0797. The van der Waals surface area contributed by atoms with Crippen LogP contribution in [0.4, 0.5) is 4.39 Å². The molecule has 1 fully saturated rings. The summed E-state index contributed by atoms with van der Waals surface area (Å²) in [5.41, 5.74) is 0.393. The summed E-state index contributed by atoms with van der Waals surface area (Å²) in [6, 6.07) is 10.8. The topological polar surface area (TPSA) is 49.4 Å². The average Bonchev–Trinajstić information content (AvgIpc) is 2.61. The highest BCUT2D eigenvalue weighted by Crippen LogP contribution is 2.21. The van der Waals surface area contributed by atoms with Crippen LogP contribution in [0.3, 0.4) is 0 Å². The Kier molecular flexibility index (Phi) is 5.79. The van der Waals surface area contributed by atoms with Crippen LogP contribution < -0.4 is 5.32 Å². The predicted octanol–water partition coefficient (Wildman–Crippen LogP) is 4.17. The normalized spacial score (nSPS) is 15.0. The average molecular weight is 395 g/mol. The second-order valence-electron chi connectivity index (χ2n) is 6.15. The Balaban J connectivity index is 1.59. The minimum Gasteiger partial charge on any atom is -0.349 e. The van der Waals surface area contributed by atoms with Gasteiger partial charge in [-0.3, -0.25) is 9.59 Å². The summed E-state index contributed by atoms with van der Waals surface area (Å²) < 4.78 is 13.8. The number of benzene rings is 2. The van der Waals surface area contributed by atoms with E-state index in [9.17, 15) is 14.0 Å². The van der Waals surface area contributed by atoms with Crippen LogP contribution in [0.5, 0.6) is 0 Å².